The molecule has 1 aliphatic rings. The third-order valence-electron chi connectivity index (χ3n) is 5.55. The minimum atomic E-state index is 0.0349. The Morgan fingerprint density at radius 1 is 1.21 bits per heavy atom. The number of anilines is 2. The van der Waals surface area contributed by atoms with Gasteiger partial charge in [0.15, 0.2) is 23.7 Å². The van der Waals surface area contributed by atoms with Crippen LogP contribution >= 0.6 is 0 Å². The molecule has 4 aromatic rings. The first-order valence-corrected chi connectivity index (χ1v) is 10.5. The molecular formula is C25H23N5O3. The molecule has 1 fully saturated rings. The van der Waals surface area contributed by atoms with E-state index in [0.717, 1.165) is 40.9 Å². The molecule has 0 spiro atoms. The van der Waals surface area contributed by atoms with Crippen molar-refractivity contribution in [3.05, 3.63) is 80.2 Å². The average molecular weight is 441 g/mol. The molecule has 0 aliphatic carbocycles. The number of oxazole rings is 1. The largest absolute Gasteiger partial charge is 0.493 e. The maximum atomic E-state index is 6.23. The molecule has 2 aromatic carbocycles. The van der Waals surface area contributed by atoms with Gasteiger partial charge < -0.3 is 24.1 Å². The molecule has 2 aromatic heterocycles. The van der Waals surface area contributed by atoms with Crippen LogP contribution in [0.2, 0.25) is 0 Å². The lowest BCUT2D eigenvalue weighted by molar-refractivity contribution is 0.0454. The van der Waals surface area contributed by atoms with E-state index < -0.39 is 0 Å². The number of ether oxygens (including phenoxy) is 2. The first-order valence-electron chi connectivity index (χ1n) is 10.5. The summed E-state index contributed by atoms with van der Waals surface area (Å²) in [4.78, 5) is 15.0. The van der Waals surface area contributed by atoms with Gasteiger partial charge in [-0.1, -0.05) is 25.3 Å². The second-order valence-corrected chi connectivity index (χ2v) is 7.65. The Morgan fingerprint density at radius 3 is 2.85 bits per heavy atom. The molecule has 8 heteroatoms. The van der Waals surface area contributed by atoms with Crippen LogP contribution in [-0.4, -0.2) is 46.2 Å². The second kappa shape index (κ2) is 8.66. The highest BCUT2D eigenvalue weighted by molar-refractivity contribution is 5.93. The number of methoxy groups -OCH3 is 1. The first-order chi connectivity index (χ1) is 16.1. The van der Waals surface area contributed by atoms with Crippen LogP contribution < -0.4 is 14.8 Å². The fraction of sp³-hybridized carbons (Fsp3) is 0.160. The fourth-order valence-electron chi connectivity index (χ4n) is 3.72. The number of hydrogen-bond donors (Lipinski definition) is 1. The highest BCUT2D eigenvalue weighted by atomic mass is 16.5. The molecule has 0 amide bonds. The lowest BCUT2D eigenvalue weighted by Crippen LogP contribution is -2.52. The molecule has 166 valence electrons. The predicted octanol–water partition coefficient (Wildman–Crippen LogP) is 4.80. The van der Waals surface area contributed by atoms with Crippen LogP contribution in [0.4, 0.5) is 11.5 Å². The summed E-state index contributed by atoms with van der Waals surface area (Å²) in [5, 5.41) is 4.21. The van der Waals surface area contributed by atoms with Gasteiger partial charge in [-0.05, 0) is 24.3 Å². The number of allylic oxidation sites excluding steroid dienone is 1. The van der Waals surface area contributed by atoms with Gasteiger partial charge in [0.25, 0.3) is 0 Å². The predicted molar refractivity (Wildman–Crippen MR) is 127 cm³/mol. The number of hydrogen-bond acceptors (Lipinski definition) is 8. The van der Waals surface area contributed by atoms with Crippen molar-refractivity contribution in [2.45, 2.75) is 6.10 Å². The summed E-state index contributed by atoms with van der Waals surface area (Å²) >= 11 is 0. The standard InChI is InChI=1S/C25H23N5O3/c1-4-16(2)30-12-19(13-30)33-23-9-20-21(10-22(23)31-3)27-14-28-25(20)29-18-7-5-6-17(8-18)24-11-26-15-32-24/h4-11,14-15,19H,1-2,12-13H2,3H3,(H,27,28,29). The summed E-state index contributed by atoms with van der Waals surface area (Å²) in [6.45, 7) is 9.24. The zero-order valence-electron chi connectivity index (χ0n) is 18.2. The summed E-state index contributed by atoms with van der Waals surface area (Å²) in [7, 11) is 1.62. The van der Waals surface area contributed by atoms with Crippen molar-refractivity contribution in [2.75, 3.05) is 25.5 Å². The van der Waals surface area contributed by atoms with E-state index in [-0.39, 0.29) is 6.10 Å². The maximum Gasteiger partial charge on any atom is 0.181 e. The van der Waals surface area contributed by atoms with Gasteiger partial charge in [-0.2, -0.15) is 0 Å². The first kappa shape index (κ1) is 20.6. The van der Waals surface area contributed by atoms with Crippen LogP contribution in [0.15, 0.2) is 84.7 Å². The number of rotatable bonds is 8. The molecule has 5 rings (SSSR count). The van der Waals surface area contributed by atoms with E-state index >= 15 is 0 Å². The molecule has 33 heavy (non-hydrogen) atoms. The summed E-state index contributed by atoms with van der Waals surface area (Å²) in [6.07, 6.45) is 6.40. The van der Waals surface area contributed by atoms with E-state index in [2.05, 4.69) is 38.3 Å². The highest BCUT2D eigenvalue weighted by Gasteiger charge is 2.29. The quantitative estimate of drug-likeness (QED) is 0.390. The number of nitrogens with zero attached hydrogens (tertiary/aromatic N) is 4. The second-order valence-electron chi connectivity index (χ2n) is 7.65. The molecule has 1 aliphatic heterocycles. The van der Waals surface area contributed by atoms with Gasteiger partial charge in [-0.25, -0.2) is 15.0 Å². The minimum absolute atomic E-state index is 0.0349. The van der Waals surface area contributed by atoms with E-state index in [4.69, 9.17) is 13.9 Å². The lowest BCUT2D eigenvalue weighted by atomic mass is 10.1. The molecule has 1 saturated heterocycles. The monoisotopic (exact) mass is 441 g/mol. The van der Waals surface area contributed by atoms with Crippen molar-refractivity contribution in [2.24, 2.45) is 0 Å². The van der Waals surface area contributed by atoms with Crippen LogP contribution in [0.5, 0.6) is 11.5 Å². The third kappa shape index (κ3) is 4.10. The van der Waals surface area contributed by atoms with Crippen molar-refractivity contribution in [1.82, 2.24) is 19.9 Å². The molecule has 0 atom stereocenters. The third-order valence-corrected chi connectivity index (χ3v) is 5.55. The van der Waals surface area contributed by atoms with Crippen LogP contribution in [-0.2, 0) is 0 Å². The topological polar surface area (TPSA) is 85.5 Å². The molecule has 0 unspecified atom stereocenters. The Hall–Kier alpha value is -4.33. The Balaban J connectivity index is 1.43. The number of fused-ring (bicyclic) bond motifs is 1. The Bertz CT molecular complexity index is 1310. The Kier molecular flexibility index (Phi) is 5.40. The number of nitrogens with one attached hydrogen (secondary N) is 1. The SMILES string of the molecule is C=CC(=C)N1CC(Oc2cc3c(Nc4cccc(-c5cnco5)c4)ncnc3cc2OC)C1. The highest BCUT2D eigenvalue weighted by Crippen LogP contribution is 2.36. The Morgan fingerprint density at radius 2 is 2.09 bits per heavy atom. The van der Waals surface area contributed by atoms with Crippen molar-refractivity contribution in [3.63, 3.8) is 0 Å². The zero-order chi connectivity index (χ0) is 22.8. The Labute approximate surface area is 191 Å². The summed E-state index contributed by atoms with van der Waals surface area (Å²) < 4.78 is 17.2. The molecule has 0 bridgehead atoms. The van der Waals surface area contributed by atoms with Crippen molar-refractivity contribution >= 4 is 22.4 Å². The van der Waals surface area contributed by atoms with E-state index in [1.165, 1.54) is 12.7 Å². The number of aromatic nitrogens is 3. The molecular weight excluding hydrogens is 418 g/mol. The molecule has 8 nitrogen and oxygen atoms in total. The van der Waals surface area contributed by atoms with Gasteiger partial charge >= 0.3 is 0 Å². The minimum Gasteiger partial charge on any atom is -0.493 e. The van der Waals surface area contributed by atoms with Crippen LogP contribution in [0.25, 0.3) is 22.2 Å². The number of likely N-dealkylation sites (tertiary alicyclic amines) is 1. The van der Waals surface area contributed by atoms with Crippen LogP contribution in [0.1, 0.15) is 0 Å². The average Bonchev–Trinajstić information content (AvgIpc) is 3.36. The summed E-state index contributed by atoms with van der Waals surface area (Å²) in [6, 6.07) is 11.6. The van der Waals surface area contributed by atoms with Gasteiger partial charge in [0.2, 0.25) is 0 Å². The number of benzene rings is 2. The normalized spacial score (nSPS) is 13.4. The molecule has 0 radical (unpaired) electrons. The van der Waals surface area contributed by atoms with Crippen molar-refractivity contribution in [1.29, 1.82) is 0 Å². The summed E-state index contributed by atoms with van der Waals surface area (Å²) in [5.74, 6) is 2.63. The van der Waals surface area contributed by atoms with Gasteiger partial charge in [-0.3, -0.25) is 0 Å². The van der Waals surface area contributed by atoms with Gasteiger partial charge in [0.1, 0.15) is 18.2 Å². The van der Waals surface area contributed by atoms with Gasteiger partial charge in [0, 0.05) is 28.4 Å². The van der Waals surface area contributed by atoms with Crippen molar-refractivity contribution < 1.29 is 13.9 Å². The van der Waals surface area contributed by atoms with E-state index in [9.17, 15) is 0 Å². The lowest BCUT2D eigenvalue weighted by Gasteiger charge is -2.41. The van der Waals surface area contributed by atoms with Crippen LogP contribution in [0, 0.1) is 0 Å². The zero-order valence-corrected chi connectivity index (χ0v) is 18.2. The van der Waals surface area contributed by atoms with Gasteiger partial charge in [-0.15, -0.1) is 0 Å². The van der Waals surface area contributed by atoms with E-state index in [1.807, 2.05) is 36.4 Å². The van der Waals surface area contributed by atoms with Gasteiger partial charge in [0.05, 0.1) is 31.9 Å². The van der Waals surface area contributed by atoms with E-state index in [1.54, 1.807) is 19.4 Å². The smallest absolute Gasteiger partial charge is 0.181 e. The van der Waals surface area contributed by atoms with Crippen LogP contribution in [0.3, 0.4) is 0 Å². The molecule has 1 N–H and O–H groups in total. The molecule has 3 heterocycles. The van der Waals surface area contributed by atoms with Crippen molar-refractivity contribution in [3.8, 4) is 22.8 Å². The fourth-order valence-corrected chi connectivity index (χ4v) is 3.72. The maximum absolute atomic E-state index is 6.23. The summed E-state index contributed by atoms with van der Waals surface area (Å²) in [5.41, 5.74) is 3.42. The molecule has 0 saturated carbocycles. The van der Waals surface area contributed by atoms with E-state index in [0.29, 0.717) is 23.1 Å².